The number of nitrogens with two attached hydrogens (primary N) is 1. The second kappa shape index (κ2) is 11.8. The molecule has 15 heteroatoms. The molecular formula is C27H22ClF3N4O6S. The number of benzene rings is 3. The van der Waals surface area contributed by atoms with Crippen molar-refractivity contribution in [3.63, 3.8) is 0 Å². The number of hydrogen-bond acceptors (Lipinski definition) is 6. The minimum atomic E-state index is -4.91. The van der Waals surface area contributed by atoms with E-state index in [0.717, 1.165) is 23.2 Å². The number of alkyl halides is 3. The highest BCUT2D eigenvalue weighted by atomic mass is 35.5. The van der Waals surface area contributed by atoms with Crippen molar-refractivity contribution < 1.29 is 41.3 Å². The highest BCUT2D eigenvalue weighted by Gasteiger charge is 2.44. The third kappa shape index (κ3) is 6.73. The molecule has 1 aliphatic rings. The van der Waals surface area contributed by atoms with Crippen molar-refractivity contribution in [2.45, 2.75) is 16.7 Å². The molecule has 0 saturated carbocycles. The second-order valence-corrected chi connectivity index (χ2v) is 10.9. The van der Waals surface area contributed by atoms with E-state index in [4.69, 9.17) is 27.2 Å². The maximum atomic E-state index is 13.3. The smallest absolute Gasteiger partial charge is 0.417 e. The summed E-state index contributed by atoms with van der Waals surface area (Å²) in [5, 5.41) is 25.0. The van der Waals surface area contributed by atoms with Gasteiger partial charge in [0.2, 0.25) is 5.96 Å². The number of carboxylic acids is 1. The van der Waals surface area contributed by atoms with Gasteiger partial charge in [0.05, 0.1) is 22.0 Å². The molecule has 0 aromatic heterocycles. The lowest BCUT2D eigenvalue weighted by Crippen LogP contribution is -2.42. The summed E-state index contributed by atoms with van der Waals surface area (Å²) < 4.78 is 74.5. The fourth-order valence-electron chi connectivity index (χ4n) is 4.01. The van der Waals surface area contributed by atoms with Crippen molar-refractivity contribution in [2.24, 2.45) is 15.2 Å². The SMILES string of the molecule is N/C(=N\S(=O)(=O)c1ccc(Cl)c(C(F)(F)F)c1)N1CC(O)(c2ccccc2)C(c2ccc(OC/C=C/C(=O)O)cc2)=N1. The summed E-state index contributed by atoms with van der Waals surface area (Å²) in [7, 11) is -4.75. The molecule has 42 heavy (non-hydrogen) atoms. The Morgan fingerprint density at radius 1 is 1.14 bits per heavy atom. The Kier molecular flexibility index (Phi) is 8.61. The number of nitrogens with zero attached hydrogens (tertiary/aromatic N) is 3. The monoisotopic (exact) mass is 622 g/mol. The van der Waals surface area contributed by atoms with Crippen LogP contribution in [0.4, 0.5) is 13.2 Å². The molecule has 10 nitrogen and oxygen atoms in total. The highest BCUT2D eigenvalue weighted by molar-refractivity contribution is 7.90. The Hall–Kier alpha value is -4.40. The van der Waals surface area contributed by atoms with Gasteiger partial charge in [0, 0.05) is 11.6 Å². The lowest BCUT2D eigenvalue weighted by atomic mass is 9.86. The van der Waals surface area contributed by atoms with Gasteiger partial charge in [0.1, 0.15) is 18.1 Å². The number of hydrazone groups is 1. The molecule has 3 aromatic rings. The summed E-state index contributed by atoms with van der Waals surface area (Å²) in [5.41, 5.74) is 3.69. The molecule has 1 aliphatic heterocycles. The minimum Gasteiger partial charge on any atom is -0.490 e. The van der Waals surface area contributed by atoms with Crippen LogP contribution in [0.5, 0.6) is 5.75 Å². The average molecular weight is 623 g/mol. The van der Waals surface area contributed by atoms with Gasteiger partial charge in [0.15, 0.2) is 5.60 Å². The van der Waals surface area contributed by atoms with E-state index >= 15 is 0 Å². The molecule has 220 valence electrons. The number of aliphatic hydroxyl groups is 1. The van der Waals surface area contributed by atoms with Crippen molar-refractivity contribution in [1.82, 2.24) is 5.01 Å². The molecule has 4 rings (SSSR count). The Balaban J connectivity index is 1.68. The van der Waals surface area contributed by atoms with Crippen LogP contribution in [0.15, 0.2) is 99.3 Å². The van der Waals surface area contributed by atoms with E-state index in [-0.39, 0.29) is 18.9 Å². The molecule has 0 bridgehead atoms. The number of halogens is 4. The summed E-state index contributed by atoms with van der Waals surface area (Å²) >= 11 is 5.60. The van der Waals surface area contributed by atoms with Gasteiger partial charge in [-0.1, -0.05) is 41.9 Å². The van der Waals surface area contributed by atoms with E-state index < -0.39 is 49.2 Å². The van der Waals surface area contributed by atoms with Gasteiger partial charge < -0.3 is 20.7 Å². The standard InChI is InChI=1S/C27H22ClF3N4O6S/c28-22-13-12-20(15-21(22)27(29,30)31)42(39,40)34-25(32)35-16-26(38,18-5-2-1-3-6-18)24(33-35)17-8-10-19(11-9-17)41-14-4-7-23(36)37/h1-13,15,38H,14,16H2,(H2,32,34)(H,36,37)/b7-4+. The van der Waals surface area contributed by atoms with E-state index in [1.807, 2.05) is 0 Å². The quantitative estimate of drug-likeness (QED) is 0.194. The summed E-state index contributed by atoms with van der Waals surface area (Å²) in [6.45, 7) is -0.377. The van der Waals surface area contributed by atoms with Crippen molar-refractivity contribution in [1.29, 1.82) is 0 Å². The Morgan fingerprint density at radius 2 is 1.81 bits per heavy atom. The van der Waals surface area contributed by atoms with Gasteiger partial charge in [-0.15, -0.1) is 4.40 Å². The van der Waals surface area contributed by atoms with Gasteiger partial charge in [-0.05, 0) is 54.1 Å². The van der Waals surface area contributed by atoms with Crippen molar-refractivity contribution in [3.8, 4) is 5.75 Å². The topological polar surface area (TPSA) is 155 Å². The first-order chi connectivity index (χ1) is 19.7. The Labute approximate surface area is 242 Å². The van der Waals surface area contributed by atoms with Gasteiger partial charge in [-0.2, -0.15) is 26.7 Å². The van der Waals surface area contributed by atoms with Crippen molar-refractivity contribution in [2.75, 3.05) is 13.2 Å². The minimum absolute atomic E-state index is 0.00607. The second-order valence-electron chi connectivity index (χ2n) is 8.87. The van der Waals surface area contributed by atoms with Gasteiger partial charge in [-0.3, -0.25) is 0 Å². The molecule has 4 N–H and O–H groups in total. The lowest BCUT2D eigenvalue weighted by Gasteiger charge is -2.25. The first-order valence-corrected chi connectivity index (χ1v) is 13.8. The molecular weight excluding hydrogens is 601 g/mol. The number of rotatable bonds is 8. The summed E-state index contributed by atoms with van der Waals surface area (Å²) in [5.74, 6) is -1.43. The molecule has 1 heterocycles. The van der Waals surface area contributed by atoms with E-state index in [2.05, 4.69) is 9.50 Å². The molecule has 0 radical (unpaired) electrons. The normalized spacial score (nSPS) is 17.9. The van der Waals surface area contributed by atoms with Crippen molar-refractivity contribution in [3.05, 3.63) is 107 Å². The van der Waals surface area contributed by atoms with Crippen LogP contribution in [0, 0.1) is 0 Å². The predicted molar refractivity (Wildman–Crippen MR) is 148 cm³/mol. The van der Waals surface area contributed by atoms with Crippen LogP contribution in [-0.2, 0) is 26.6 Å². The molecule has 0 spiro atoms. The van der Waals surface area contributed by atoms with Crippen LogP contribution in [0.3, 0.4) is 0 Å². The average Bonchev–Trinajstić information content (AvgIpc) is 3.30. The number of β-amino-alcohol motifs (C(OH)–C–C–N with tert-alkyl or cyclic N) is 1. The zero-order valence-electron chi connectivity index (χ0n) is 21.4. The number of hydrogen-bond donors (Lipinski definition) is 3. The molecule has 0 saturated heterocycles. The number of ether oxygens (including phenoxy) is 1. The van der Waals surface area contributed by atoms with E-state index in [0.29, 0.717) is 22.9 Å². The maximum absolute atomic E-state index is 13.3. The first-order valence-electron chi connectivity index (χ1n) is 11.9. The third-order valence-corrected chi connectivity index (χ3v) is 7.60. The molecule has 0 aliphatic carbocycles. The third-order valence-electron chi connectivity index (χ3n) is 6.00. The summed E-state index contributed by atoms with van der Waals surface area (Å²) in [6.07, 6.45) is -2.66. The fraction of sp³-hybridized carbons (Fsp3) is 0.148. The number of carboxylic acid groups (broad SMARTS) is 1. The van der Waals surface area contributed by atoms with Crippen LogP contribution < -0.4 is 10.5 Å². The highest BCUT2D eigenvalue weighted by Crippen LogP contribution is 2.37. The van der Waals surface area contributed by atoms with Crippen LogP contribution >= 0.6 is 11.6 Å². The van der Waals surface area contributed by atoms with Gasteiger partial charge in [-0.25, -0.2) is 9.80 Å². The fourth-order valence-corrected chi connectivity index (χ4v) is 5.19. The van der Waals surface area contributed by atoms with Crippen LogP contribution in [-0.4, -0.2) is 54.4 Å². The van der Waals surface area contributed by atoms with E-state index in [1.165, 1.54) is 6.08 Å². The molecule has 0 amide bonds. The number of guanidine groups is 1. The van der Waals surface area contributed by atoms with Crippen molar-refractivity contribution >= 4 is 39.3 Å². The van der Waals surface area contributed by atoms with E-state index in [1.54, 1.807) is 54.6 Å². The number of carbonyl (C=O) groups is 1. The van der Waals surface area contributed by atoms with Gasteiger partial charge >= 0.3 is 12.1 Å². The van der Waals surface area contributed by atoms with Gasteiger partial charge in [0.25, 0.3) is 10.0 Å². The molecule has 1 unspecified atom stereocenters. The Morgan fingerprint density at radius 3 is 2.43 bits per heavy atom. The lowest BCUT2D eigenvalue weighted by molar-refractivity contribution is -0.137. The van der Waals surface area contributed by atoms with E-state index in [9.17, 15) is 31.5 Å². The first kappa shape index (κ1) is 30.6. The summed E-state index contributed by atoms with van der Waals surface area (Å²) in [6, 6.07) is 16.6. The molecule has 1 atom stereocenters. The molecule has 0 fully saturated rings. The van der Waals surface area contributed by atoms with Crippen LogP contribution in [0.1, 0.15) is 16.7 Å². The number of sulfonamides is 1. The maximum Gasteiger partial charge on any atom is 0.417 e. The molecule has 3 aromatic carbocycles. The zero-order valence-corrected chi connectivity index (χ0v) is 22.9. The largest absolute Gasteiger partial charge is 0.490 e. The predicted octanol–water partition coefficient (Wildman–Crippen LogP) is 3.99. The Bertz CT molecular complexity index is 1680. The zero-order chi connectivity index (χ0) is 30.7. The van der Waals surface area contributed by atoms with Crippen LogP contribution in [0.2, 0.25) is 5.02 Å². The summed E-state index contributed by atoms with van der Waals surface area (Å²) in [4.78, 5) is 9.79. The number of aliphatic carboxylic acids is 1. The van der Waals surface area contributed by atoms with Crippen LogP contribution in [0.25, 0.3) is 0 Å².